The zero-order valence-corrected chi connectivity index (χ0v) is 13.5. The number of urea groups is 1. The average Bonchev–Trinajstić information content (AvgIpc) is 2.48. The molecule has 3 N–H and O–H groups in total. The highest BCUT2D eigenvalue weighted by Crippen LogP contribution is 2.29. The third kappa shape index (κ3) is 9.20. The van der Waals surface area contributed by atoms with Crippen LogP contribution in [0.2, 0.25) is 5.02 Å². The molecule has 26 heavy (non-hydrogen) atoms. The summed E-state index contributed by atoms with van der Waals surface area (Å²) in [4.78, 5) is 22.6. The summed E-state index contributed by atoms with van der Waals surface area (Å²) < 4.78 is 76.9. The fourth-order valence-electron chi connectivity index (χ4n) is 1.50. The molecule has 0 aliphatic rings. The molecule has 0 bridgehead atoms. The van der Waals surface area contributed by atoms with E-state index in [4.69, 9.17) is 11.6 Å². The van der Waals surface area contributed by atoms with E-state index in [0.717, 1.165) is 6.07 Å². The van der Waals surface area contributed by atoms with Crippen LogP contribution in [-0.4, -0.2) is 44.0 Å². The monoisotopic (exact) mass is 407 g/mol. The minimum absolute atomic E-state index is 0.0763. The molecule has 146 valence electrons. The smallest absolute Gasteiger partial charge is 0.422 e. The predicted molar refractivity (Wildman–Crippen MR) is 79.1 cm³/mol. The van der Waals surface area contributed by atoms with E-state index in [-0.39, 0.29) is 16.5 Å². The van der Waals surface area contributed by atoms with Crippen molar-refractivity contribution in [1.29, 1.82) is 0 Å². The quantitative estimate of drug-likeness (QED) is 0.633. The van der Waals surface area contributed by atoms with Gasteiger partial charge in [0.25, 0.3) is 0 Å². The van der Waals surface area contributed by atoms with Gasteiger partial charge in [0, 0.05) is 5.02 Å². The minimum atomic E-state index is -4.65. The van der Waals surface area contributed by atoms with Crippen molar-refractivity contribution < 1.29 is 40.7 Å². The fourth-order valence-corrected chi connectivity index (χ4v) is 1.67. The van der Waals surface area contributed by atoms with E-state index in [1.807, 2.05) is 0 Å². The third-order valence-electron chi connectivity index (χ3n) is 2.47. The largest absolute Gasteiger partial charge is 0.482 e. The summed E-state index contributed by atoms with van der Waals surface area (Å²) in [5.74, 6) is -1.30. The fraction of sp³-hybridized carbons (Fsp3) is 0.385. The Labute approximate surface area is 147 Å². The van der Waals surface area contributed by atoms with Gasteiger partial charge in [-0.15, -0.1) is 0 Å². The first-order valence-electron chi connectivity index (χ1n) is 6.73. The van der Waals surface area contributed by atoms with Crippen molar-refractivity contribution in [3.05, 3.63) is 23.2 Å². The van der Waals surface area contributed by atoms with Crippen molar-refractivity contribution in [2.75, 3.05) is 25.0 Å². The van der Waals surface area contributed by atoms with Gasteiger partial charge in [-0.1, -0.05) is 11.6 Å². The van der Waals surface area contributed by atoms with E-state index in [1.165, 1.54) is 17.4 Å². The van der Waals surface area contributed by atoms with Gasteiger partial charge in [-0.3, -0.25) is 10.1 Å². The van der Waals surface area contributed by atoms with E-state index >= 15 is 0 Å². The summed E-state index contributed by atoms with van der Waals surface area (Å²) in [6.07, 6.45) is -9.24. The van der Waals surface area contributed by atoms with E-state index < -0.39 is 44.0 Å². The summed E-state index contributed by atoms with van der Waals surface area (Å²) in [5.41, 5.74) is -0.0763. The van der Waals surface area contributed by atoms with Crippen molar-refractivity contribution in [3.8, 4) is 5.75 Å². The normalized spacial score (nSPS) is 11.7. The molecule has 0 aliphatic heterocycles. The van der Waals surface area contributed by atoms with Gasteiger partial charge in [0.1, 0.15) is 12.3 Å². The SMILES string of the molecule is O=C(CNc1cc(Cl)ccc1OCC(F)(F)F)NC(=O)NCC(F)(F)F. The van der Waals surface area contributed by atoms with Crippen molar-refractivity contribution in [1.82, 2.24) is 10.6 Å². The molecule has 3 amide bonds. The Morgan fingerprint density at radius 3 is 2.31 bits per heavy atom. The summed E-state index contributed by atoms with van der Waals surface area (Å²) >= 11 is 5.70. The molecule has 0 heterocycles. The predicted octanol–water partition coefficient (Wildman–Crippen LogP) is 3.08. The molecule has 6 nitrogen and oxygen atoms in total. The maximum atomic E-state index is 12.2. The van der Waals surface area contributed by atoms with Crippen LogP contribution in [0.15, 0.2) is 18.2 Å². The van der Waals surface area contributed by atoms with Crippen LogP contribution in [0.1, 0.15) is 0 Å². The Balaban J connectivity index is 2.59. The first-order chi connectivity index (χ1) is 11.9. The minimum Gasteiger partial charge on any atom is -0.482 e. The lowest BCUT2D eigenvalue weighted by Crippen LogP contribution is -2.45. The average molecular weight is 408 g/mol. The molecule has 0 fully saturated rings. The molecule has 1 aromatic carbocycles. The van der Waals surface area contributed by atoms with Crippen LogP contribution in [-0.2, 0) is 4.79 Å². The van der Waals surface area contributed by atoms with Gasteiger partial charge in [-0.2, -0.15) is 26.3 Å². The van der Waals surface area contributed by atoms with Crippen LogP contribution < -0.4 is 20.7 Å². The number of rotatable bonds is 6. The number of alkyl halides is 6. The summed E-state index contributed by atoms with van der Waals surface area (Å²) in [7, 11) is 0. The lowest BCUT2D eigenvalue weighted by molar-refractivity contribution is -0.153. The Morgan fingerprint density at radius 1 is 1.08 bits per heavy atom. The first-order valence-corrected chi connectivity index (χ1v) is 7.11. The van der Waals surface area contributed by atoms with Crippen molar-refractivity contribution in [3.63, 3.8) is 0 Å². The molecule has 13 heteroatoms. The van der Waals surface area contributed by atoms with Crippen LogP contribution >= 0.6 is 11.6 Å². The maximum absolute atomic E-state index is 12.2. The molecule has 1 rings (SSSR count). The number of hydrogen-bond donors (Lipinski definition) is 3. The van der Waals surface area contributed by atoms with Gasteiger partial charge >= 0.3 is 18.4 Å². The van der Waals surface area contributed by atoms with Gasteiger partial charge < -0.3 is 15.4 Å². The molecular weight excluding hydrogens is 396 g/mol. The van der Waals surface area contributed by atoms with Gasteiger partial charge in [-0.25, -0.2) is 4.79 Å². The first kappa shape index (κ1) is 21.7. The molecule has 0 radical (unpaired) electrons. The standard InChI is InChI=1S/C13H12ClF6N3O3/c14-7-1-2-9(26-6-13(18,19)20)8(3-7)21-4-10(24)23-11(25)22-5-12(15,16)17/h1-3,21H,4-6H2,(H2,22,23,24,25). The van der Waals surface area contributed by atoms with Crippen molar-refractivity contribution in [2.24, 2.45) is 0 Å². The topological polar surface area (TPSA) is 79.5 Å². The van der Waals surface area contributed by atoms with Crippen molar-refractivity contribution >= 4 is 29.2 Å². The van der Waals surface area contributed by atoms with Gasteiger partial charge in [-0.05, 0) is 18.2 Å². The molecule has 0 saturated carbocycles. The number of amides is 3. The zero-order valence-electron chi connectivity index (χ0n) is 12.7. The molecule has 0 unspecified atom stereocenters. The summed E-state index contributed by atoms with van der Waals surface area (Å²) in [5, 5.41) is 5.52. The van der Waals surface area contributed by atoms with E-state index in [9.17, 15) is 35.9 Å². The van der Waals surface area contributed by atoms with Crippen LogP contribution in [0.4, 0.5) is 36.8 Å². The lowest BCUT2D eigenvalue weighted by Gasteiger charge is -2.15. The number of carbonyl (C=O) groups is 2. The van der Waals surface area contributed by atoms with Crippen LogP contribution in [0.5, 0.6) is 5.75 Å². The summed E-state index contributed by atoms with van der Waals surface area (Å²) in [6, 6.07) is 2.17. The molecule has 0 spiro atoms. The Kier molecular flexibility index (Phi) is 7.36. The number of carbonyl (C=O) groups excluding carboxylic acids is 2. The highest BCUT2D eigenvalue weighted by atomic mass is 35.5. The van der Waals surface area contributed by atoms with E-state index in [2.05, 4.69) is 10.1 Å². The Bertz CT molecular complexity index is 651. The molecular formula is C13H12ClF6N3O3. The number of imide groups is 1. The highest BCUT2D eigenvalue weighted by molar-refractivity contribution is 6.30. The van der Waals surface area contributed by atoms with E-state index in [0.29, 0.717) is 0 Å². The summed E-state index contributed by atoms with van der Waals surface area (Å²) in [6.45, 7) is -3.86. The number of hydrogen-bond acceptors (Lipinski definition) is 4. The second-order valence-corrected chi connectivity index (χ2v) is 5.18. The Hall–Kier alpha value is -2.37. The van der Waals surface area contributed by atoms with Crippen LogP contribution in [0, 0.1) is 0 Å². The number of nitrogens with one attached hydrogen (secondary N) is 3. The molecule has 1 aromatic rings. The number of ether oxygens (including phenoxy) is 1. The Morgan fingerprint density at radius 2 is 1.73 bits per heavy atom. The van der Waals surface area contributed by atoms with Crippen LogP contribution in [0.3, 0.4) is 0 Å². The second kappa shape index (κ2) is 8.83. The van der Waals surface area contributed by atoms with Gasteiger partial charge in [0.15, 0.2) is 6.61 Å². The molecule has 0 aliphatic carbocycles. The van der Waals surface area contributed by atoms with Gasteiger partial charge in [0.2, 0.25) is 5.91 Å². The van der Waals surface area contributed by atoms with Gasteiger partial charge in [0.05, 0.1) is 12.2 Å². The lowest BCUT2D eigenvalue weighted by atomic mass is 10.3. The molecule has 0 atom stereocenters. The molecule has 0 aromatic heterocycles. The second-order valence-electron chi connectivity index (χ2n) is 4.74. The highest BCUT2D eigenvalue weighted by Gasteiger charge is 2.29. The molecule has 0 saturated heterocycles. The number of halogens is 7. The third-order valence-corrected chi connectivity index (χ3v) is 2.71. The zero-order chi connectivity index (χ0) is 20.0. The number of benzene rings is 1. The van der Waals surface area contributed by atoms with Crippen LogP contribution in [0.25, 0.3) is 0 Å². The maximum Gasteiger partial charge on any atom is 0.422 e. The number of anilines is 1. The van der Waals surface area contributed by atoms with Crippen molar-refractivity contribution in [2.45, 2.75) is 12.4 Å². The van der Waals surface area contributed by atoms with E-state index in [1.54, 1.807) is 5.32 Å².